The molecule has 0 aliphatic carbocycles. The van der Waals surface area contributed by atoms with Gasteiger partial charge in [-0.2, -0.15) is 5.10 Å². The average molecular weight is 364 g/mol. The summed E-state index contributed by atoms with van der Waals surface area (Å²) in [5.41, 5.74) is 4.14. The molecule has 8 heteroatoms. The van der Waals surface area contributed by atoms with E-state index in [0.717, 1.165) is 27.2 Å². The lowest BCUT2D eigenvalue weighted by atomic mass is 10.2. The highest BCUT2D eigenvalue weighted by Crippen LogP contribution is 2.15. The Bertz CT molecular complexity index is 1270. The molecule has 0 unspecified atom stereocenters. The molecule has 4 aromatic rings. The fourth-order valence-corrected chi connectivity index (χ4v) is 3.35. The molecule has 0 aliphatic rings. The number of hydrogen-bond donors (Lipinski definition) is 0. The van der Waals surface area contributed by atoms with Crippen molar-refractivity contribution in [2.75, 3.05) is 0 Å². The molecule has 138 valence electrons. The number of benzene rings is 1. The number of aromatic nitrogens is 6. The molecule has 27 heavy (non-hydrogen) atoms. The minimum absolute atomic E-state index is 0.343. The van der Waals surface area contributed by atoms with Crippen molar-refractivity contribution in [2.45, 2.75) is 20.4 Å². The zero-order valence-electron chi connectivity index (χ0n) is 15.7. The molecule has 3 aromatic heterocycles. The van der Waals surface area contributed by atoms with E-state index in [1.54, 1.807) is 17.9 Å². The van der Waals surface area contributed by atoms with Crippen molar-refractivity contribution in [3.05, 3.63) is 74.4 Å². The van der Waals surface area contributed by atoms with E-state index in [1.165, 1.54) is 11.6 Å². The minimum Gasteiger partial charge on any atom is -0.320 e. The smallest absolute Gasteiger partial charge is 0.320 e. The van der Waals surface area contributed by atoms with Crippen LogP contribution in [0.4, 0.5) is 0 Å². The van der Waals surface area contributed by atoms with Gasteiger partial charge >= 0.3 is 5.69 Å². The van der Waals surface area contributed by atoms with E-state index in [-0.39, 0.29) is 11.2 Å². The van der Waals surface area contributed by atoms with E-state index in [2.05, 4.69) is 10.1 Å². The molecule has 1 aromatic carbocycles. The van der Waals surface area contributed by atoms with Gasteiger partial charge in [-0.15, -0.1) is 0 Å². The van der Waals surface area contributed by atoms with Crippen molar-refractivity contribution in [1.29, 1.82) is 0 Å². The van der Waals surface area contributed by atoms with Crippen LogP contribution in [0, 0.1) is 13.8 Å². The van der Waals surface area contributed by atoms with Crippen LogP contribution in [0.3, 0.4) is 0 Å². The van der Waals surface area contributed by atoms with E-state index < -0.39 is 0 Å². The third kappa shape index (κ3) is 2.69. The maximum Gasteiger partial charge on any atom is 0.332 e. The fourth-order valence-electron chi connectivity index (χ4n) is 3.35. The van der Waals surface area contributed by atoms with E-state index >= 15 is 0 Å². The van der Waals surface area contributed by atoms with Crippen LogP contribution in [-0.4, -0.2) is 28.5 Å². The summed E-state index contributed by atoms with van der Waals surface area (Å²) in [5.74, 6) is 0. The molecule has 4 rings (SSSR count). The standard InChI is InChI=1S/C19H20N6O2/c1-12-9-13(2)25(21-12)15-7-5-14(6-8-15)10-24-11-20-17-16(24)18(26)23(4)19(27)22(17)3/h5-9,11H,10H2,1-4H3. The van der Waals surface area contributed by atoms with Crippen LogP contribution in [0.2, 0.25) is 0 Å². The number of fused-ring (bicyclic) bond motifs is 1. The molecule has 0 spiro atoms. The fraction of sp³-hybridized carbons (Fsp3) is 0.263. The van der Waals surface area contributed by atoms with Gasteiger partial charge in [0.1, 0.15) is 0 Å². The van der Waals surface area contributed by atoms with Crippen molar-refractivity contribution in [3.63, 3.8) is 0 Å². The summed E-state index contributed by atoms with van der Waals surface area (Å²) in [5, 5.41) is 4.49. The first-order valence-electron chi connectivity index (χ1n) is 8.60. The first-order valence-corrected chi connectivity index (χ1v) is 8.60. The Balaban J connectivity index is 1.72. The maximum absolute atomic E-state index is 12.5. The molecule has 0 atom stereocenters. The highest BCUT2D eigenvalue weighted by molar-refractivity contribution is 5.70. The first-order chi connectivity index (χ1) is 12.9. The van der Waals surface area contributed by atoms with Crippen LogP contribution in [0.5, 0.6) is 0 Å². The van der Waals surface area contributed by atoms with E-state index in [4.69, 9.17) is 0 Å². The van der Waals surface area contributed by atoms with Crippen molar-refractivity contribution in [1.82, 2.24) is 28.5 Å². The summed E-state index contributed by atoms with van der Waals surface area (Å²) in [6.07, 6.45) is 1.60. The van der Waals surface area contributed by atoms with Gasteiger partial charge in [-0.05, 0) is 37.6 Å². The Morgan fingerprint density at radius 1 is 1.00 bits per heavy atom. The quantitative estimate of drug-likeness (QED) is 0.549. The zero-order chi connectivity index (χ0) is 19.3. The second kappa shape index (κ2) is 6.08. The van der Waals surface area contributed by atoms with Gasteiger partial charge < -0.3 is 4.57 Å². The van der Waals surface area contributed by atoms with Crippen molar-refractivity contribution in [2.24, 2.45) is 14.1 Å². The van der Waals surface area contributed by atoms with Crippen LogP contribution in [0.1, 0.15) is 17.0 Å². The Morgan fingerprint density at radius 2 is 1.70 bits per heavy atom. The summed E-state index contributed by atoms with van der Waals surface area (Å²) in [6, 6.07) is 10.0. The summed E-state index contributed by atoms with van der Waals surface area (Å²) in [7, 11) is 3.09. The van der Waals surface area contributed by atoms with Gasteiger partial charge in [-0.1, -0.05) is 12.1 Å². The first kappa shape index (κ1) is 17.0. The lowest BCUT2D eigenvalue weighted by molar-refractivity contribution is 0.702. The average Bonchev–Trinajstić information content (AvgIpc) is 3.22. The number of hydrogen-bond acceptors (Lipinski definition) is 4. The predicted octanol–water partition coefficient (Wildman–Crippen LogP) is 1.28. The van der Waals surface area contributed by atoms with Gasteiger partial charge in [-0.3, -0.25) is 13.9 Å². The molecule has 0 N–H and O–H groups in total. The van der Waals surface area contributed by atoms with Crippen LogP contribution < -0.4 is 11.2 Å². The zero-order valence-corrected chi connectivity index (χ0v) is 15.7. The minimum atomic E-state index is -0.382. The molecule has 0 saturated carbocycles. The lowest BCUT2D eigenvalue weighted by Gasteiger charge is -2.08. The Hall–Kier alpha value is -3.42. The summed E-state index contributed by atoms with van der Waals surface area (Å²) in [6.45, 7) is 4.47. The summed E-state index contributed by atoms with van der Waals surface area (Å²) in [4.78, 5) is 28.8. The summed E-state index contributed by atoms with van der Waals surface area (Å²) < 4.78 is 6.16. The van der Waals surface area contributed by atoms with Crippen LogP contribution in [-0.2, 0) is 20.6 Å². The van der Waals surface area contributed by atoms with Gasteiger partial charge in [0, 0.05) is 26.3 Å². The number of aryl methyl sites for hydroxylation is 3. The summed E-state index contributed by atoms with van der Waals surface area (Å²) >= 11 is 0. The maximum atomic E-state index is 12.5. The van der Waals surface area contributed by atoms with Gasteiger partial charge in [0.05, 0.1) is 17.7 Å². The van der Waals surface area contributed by atoms with E-state index in [9.17, 15) is 9.59 Å². The molecule has 3 heterocycles. The predicted molar refractivity (Wildman–Crippen MR) is 102 cm³/mol. The normalized spacial score (nSPS) is 11.4. The highest BCUT2D eigenvalue weighted by atomic mass is 16.2. The Morgan fingerprint density at radius 3 is 2.33 bits per heavy atom. The second-order valence-corrected chi connectivity index (χ2v) is 6.76. The topological polar surface area (TPSA) is 79.6 Å². The largest absolute Gasteiger partial charge is 0.332 e. The van der Waals surface area contributed by atoms with Gasteiger partial charge in [0.15, 0.2) is 11.2 Å². The van der Waals surface area contributed by atoms with Gasteiger partial charge in [0.2, 0.25) is 0 Å². The van der Waals surface area contributed by atoms with Crippen LogP contribution >= 0.6 is 0 Å². The van der Waals surface area contributed by atoms with Crippen molar-refractivity contribution < 1.29 is 0 Å². The monoisotopic (exact) mass is 364 g/mol. The molecule has 8 nitrogen and oxygen atoms in total. The molecule has 0 radical (unpaired) electrons. The second-order valence-electron chi connectivity index (χ2n) is 6.76. The van der Waals surface area contributed by atoms with Gasteiger partial charge in [-0.25, -0.2) is 14.5 Å². The molecule has 0 saturated heterocycles. The molecule has 0 bridgehead atoms. The Kier molecular flexibility index (Phi) is 3.83. The molecule has 0 aliphatic heterocycles. The molecular weight excluding hydrogens is 344 g/mol. The Labute approximate surface area is 154 Å². The number of rotatable bonds is 3. The SMILES string of the molecule is Cc1cc(C)n(-c2ccc(Cn3cnc4c3c(=O)n(C)c(=O)n4C)cc2)n1. The molecule has 0 amide bonds. The third-order valence-electron chi connectivity index (χ3n) is 4.76. The van der Waals surface area contributed by atoms with E-state index in [0.29, 0.717) is 17.7 Å². The molecule has 0 fully saturated rings. The van der Waals surface area contributed by atoms with Gasteiger partial charge in [0.25, 0.3) is 5.56 Å². The van der Waals surface area contributed by atoms with Crippen molar-refractivity contribution in [3.8, 4) is 5.69 Å². The van der Waals surface area contributed by atoms with Crippen molar-refractivity contribution >= 4 is 11.2 Å². The third-order valence-corrected chi connectivity index (χ3v) is 4.76. The van der Waals surface area contributed by atoms with E-state index in [1.807, 2.05) is 48.9 Å². The highest BCUT2D eigenvalue weighted by Gasteiger charge is 2.14. The van der Waals surface area contributed by atoms with Crippen LogP contribution in [0.15, 0.2) is 46.2 Å². The number of imidazole rings is 1. The van der Waals surface area contributed by atoms with Crippen LogP contribution in [0.25, 0.3) is 16.9 Å². The lowest BCUT2D eigenvalue weighted by Crippen LogP contribution is -2.37. The number of nitrogens with zero attached hydrogens (tertiary/aromatic N) is 6. The molecular formula is C19H20N6O2.